The number of anilines is 1. The highest BCUT2D eigenvalue weighted by Gasteiger charge is 2.21. The predicted octanol–water partition coefficient (Wildman–Crippen LogP) is 1.30. The molecule has 1 N–H and O–H groups in total. The lowest BCUT2D eigenvalue weighted by atomic mass is 10.3. The van der Waals surface area contributed by atoms with Gasteiger partial charge in [0.15, 0.2) is 0 Å². The minimum absolute atomic E-state index is 0.115. The number of hydrogen-bond acceptors (Lipinski definition) is 7. The molecule has 2 rings (SSSR count). The molecule has 0 aliphatic carbocycles. The molecule has 182 valence electrons. The molecule has 33 heavy (non-hydrogen) atoms. The molecule has 2 aromatic rings. The summed E-state index contributed by atoms with van der Waals surface area (Å²) in [5.74, 6) is 0.438. The van der Waals surface area contributed by atoms with E-state index in [-0.39, 0.29) is 18.0 Å². The molecule has 10 nitrogen and oxygen atoms in total. The number of nitrogens with one attached hydrogen (secondary N) is 1. The average molecular weight is 500 g/mol. The Labute approximate surface area is 195 Å². The van der Waals surface area contributed by atoms with Crippen LogP contribution in [0.5, 0.6) is 11.5 Å². The van der Waals surface area contributed by atoms with Gasteiger partial charge in [-0.15, -0.1) is 0 Å². The molecule has 0 saturated carbocycles. The van der Waals surface area contributed by atoms with Crippen molar-refractivity contribution in [1.82, 2.24) is 9.62 Å². The molecule has 12 heteroatoms. The molecule has 0 aliphatic heterocycles. The number of carbonyl (C=O) groups excluding carboxylic acids is 1. The molecule has 1 amide bonds. The lowest BCUT2D eigenvalue weighted by Gasteiger charge is -2.22. The van der Waals surface area contributed by atoms with Crippen LogP contribution in [-0.2, 0) is 24.8 Å². The van der Waals surface area contributed by atoms with Gasteiger partial charge in [0.2, 0.25) is 26.0 Å². The van der Waals surface area contributed by atoms with Gasteiger partial charge in [0.05, 0.1) is 30.0 Å². The van der Waals surface area contributed by atoms with Crippen molar-refractivity contribution in [2.24, 2.45) is 0 Å². The maximum absolute atomic E-state index is 12.3. The van der Waals surface area contributed by atoms with Crippen LogP contribution in [0.25, 0.3) is 0 Å². The molecule has 0 bridgehead atoms. The van der Waals surface area contributed by atoms with Crippen molar-refractivity contribution in [3.8, 4) is 11.5 Å². The molecule has 0 spiro atoms. The fourth-order valence-corrected chi connectivity index (χ4v) is 4.51. The van der Waals surface area contributed by atoms with Crippen molar-refractivity contribution in [3.05, 3.63) is 48.5 Å². The van der Waals surface area contributed by atoms with Crippen molar-refractivity contribution in [1.29, 1.82) is 0 Å². The Bertz CT molecular complexity index is 1150. The van der Waals surface area contributed by atoms with Crippen LogP contribution in [0.15, 0.2) is 53.4 Å². The largest absolute Gasteiger partial charge is 0.494 e. The third-order valence-corrected chi connectivity index (χ3v) is 7.37. The minimum Gasteiger partial charge on any atom is -0.494 e. The number of benzene rings is 2. The van der Waals surface area contributed by atoms with E-state index < -0.39 is 32.5 Å². The first kappa shape index (κ1) is 26.4. The van der Waals surface area contributed by atoms with Gasteiger partial charge in [0, 0.05) is 20.2 Å². The van der Waals surface area contributed by atoms with E-state index in [4.69, 9.17) is 9.47 Å². The van der Waals surface area contributed by atoms with E-state index >= 15 is 0 Å². The highest BCUT2D eigenvalue weighted by atomic mass is 32.2. The lowest BCUT2D eigenvalue weighted by Crippen LogP contribution is -2.41. The van der Waals surface area contributed by atoms with Crippen LogP contribution in [0.3, 0.4) is 0 Å². The Morgan fingerprint density at radius 2 is 1.64 bits per heavy atom. The quantitative estimate of drug-likeness (QED) is 0.437. The van der Waals surface area contributed by atoms with Gasteiger partial charge >= 0.3 is 0 Å². The molecule has 0 unspecified atom stereocenters. The summed E-state index contributed by atoms with van der Waals surface area (Å²) >= 11 is 0. The number of amides is 1. The minimum atomic E-state index is -3.71. The van der Waals surface area contributed by atoms with Gasteiger partial charge in [-0.05, 0) is 43.3 Å². The number of sulfonamides is 2. The predicted molar refractivity (Wildman–Crippen MR) is 126 cm³/mol. The van der Waals surface area contributed by atoms with E-state index in [1.807, 2.05) is 6.92 Å². The second kappa shape index (κ2) is 11.3. The van der Waals surface area contributed by atoms with Crippen LogP contribution >= 0.6 is 0 Å². The number of rotatable bonds is 12. The molecule has 0 heterocycles. The topological polar surface area (TPSA) is 122 Å². The molecule has 0 aliphatic rings. The van der Waals surface area contributed by atoms with Gasteiger partial charge < -0.3 is 14.8 Å². The highest BCUT2D eigenvalue weighted by Crippen LogP contribution is 2.23. The van der Waals surface area contributed by atoms with Gasteiger partial charge in [-0.3, -0.25) is 9.10 Å². The maximum atomic E-state index is 12.3. The van der Waals surface area contributed by atoms with Crippen LogP contribution in [0.1, 0.15) is 6.92 Å². The van der Waals surface area contributed by atoms with Gasteiger partial charge in [-0.2, -0.15) is 0 Å². The van der Waals surface area contributed by atoms with E-state index in [9.17, 15) is 21.6 Å². The van der Waals surface area contributed by atoms with Gasteiger partial charge in [-0.25, -0.2) is 21.1 Å². The normalized spacial score (nSPS) is 11.8. The van der Waals surface area contributed by atoms with Gasteiger partial charge in [-0.1, -0.05) is 6.07 Å². The molecular formula is C21H29N3O7S2. The molecule has 0 radical (unpaired) electrons. The molecule has 0 saturated heterocycles. The Kier molecular flexibility index (Phi) is 9.08. The first-order valence-corrected chi connectivity index (χ1v) is 13.4. The summed E-state index contributed by atoms with van der Waals surface area (Å²) in [5.41, 5.74) is 0.322. The number of hydrogen-bond donors (Lipinski definition) is 1. The van der Waals surface area contributed by atoms with Gasteiger partial charge in [0.25, 0.3) is 0 Å². The molecule has 0 aromatic heterocycles. The van der Waals surface area contributed by atoms with Crippen molar-refractivity contribution >= 4 is 31.6 Å². The summed E-state index contributed by atoms with van der Waals surface area (Å²) in [6, 6.07) is 12.4. The second-order valence-corrected chi connectivity index (χ2v) is 11.2. The number of carbonyl (C=O) groups is 1. The molecule has 0 atom stereocenters. The fourth-order valence-electron chi connectivity index (χ4n) is 2.76. The number of nitrogens with zero attached hydrogens (tertiary/aromatic N) is 2. The zero-order valence-electron chi connectivity index (χ0n) is 19.0. The summed E-state index contributed by atoms with van der Waals surface area (Å²) in [6.45, 7) is 2.09. The van der Waals surface area contributed by atoms with Crippen LogP contribution in [0.2, 0.25) is 0 Å². The maximum Gasteiger partial charge on any atom is 0.242 e. The van der Waals surface area contributed by atoms with E-state index in [0.29, 0.717) is 23.8 Å². The zero-order chi connectivity index (χ0) is 24.6. The summed E-state index contributed by atoms with van der Waals surface area (Å²) in [4.78, 5) is 12.5. The van der Waals surface area contributed by atoms with E-state index in [1.54, 1.807) is 24.3 Å². The Balaban J connectivity index is 1.91. The zero-order valence-corrected chi connectivity index (χ0v) is 20.6. The first-order valence-electron chi connectivity index (χ1n) is 10.1. The first-order chi connectivity index (χ1) is 15.4. The fraction of sp³-hybridized carbons (Fsp3) is 0.381. The third kappa shape index (κ3) is 7.62. The summed E-state index contributed by atoms with van der Waals surface area (Å²) < 4.78 is 61.6. The Hall–Kier alpha value is -2.83. The van der Waals surface area contributed by atoms with Crippen LogP contribution < -0.4 is 19.1 Å². The molecule has 0 fully saturated rings. The lowest BCUT2D eigenvalue weighted by molar-refractivity contribution is -0.119. The van der Waals surface area contributed by atoms with E-state index in [1.165, 1.54) is 38.4 Å². The van der Waals surface area contributed by atoms with Crippen molar-refractivity contribution in [2.45, 2.75) is 11.8 Å². The summed E-state index contributed by atoms with van der Waals surface area (Å²) in [6.07, 6.45) is 1.02. The Morgan fingerprint density at radius 1 is 0.970 bits per heavy atom. The smallest absolute Gasteiger partial charge is 0.242 e. The molecular weight excluding hydrogens is 470 g/mol. The van der Waals surface area contributed by atoms with E-state index in [0.717, 1.165) is 14.9 Å². The van der Waals surface area contributed by atoms with Crippen molar-refractivity contribution in [3.63, 3.8) is 0 Å². The number of ether oxygens (including phenoxy) is 2. The SMILES string of the molecule is CCOc1cccc(N(CC(=O)NCCOc2ccc(S(=O)(=O)N(C)C)cc2)S(C)(=O)=O)c1. The van der Waals surface area contributed by atoms with Crippen molar-refractivity contribution in [2.75, 3.05) is 51.0 Å². The summed E-state index contributed by atoms with van der Waals surface area (Å²) in [5, 5.41) is 2.61. The Morgan fingerprint density at radius 3 is 2.21 bits per heavy atom. The summed E-state index contributed by atoms with van der Waals surface area (Å²) in [7, 11) is -4.34. The van der Waals surface area contributed by atoms with Crippen LogP contribution in [-0.4, -0.2) is 73.7 Å². The molecule has 2 aromatic carbocycles. The van der Waals surface area contributed by atoms with Crippen molar-refractivity contribution < 1.29 is 31.1 Å². The average Bonchev–Trinajstić information content (AvgIpc) is 2.75. The highest BCUT2D eigenvalue weighted by molar-refractivity contribution is 7.92. The third-order valence-electron chi connectivity index (χ3n) is 4.40. The van der Waals surface area contributed by atoms with Crippen LogP contribution in [0.4, 0.5) is 5.69 Å². The standard InChI is InChI=1S/C21H29N3O7S2/c1-5-30-19-8-6-7-17(15-19)24(32(4,26)27)16-21(25)22-13-14-31-18-9-11-20(12-10-18)33(28,29)23(2)3/h6-12,15H,5,13-14,16H2,1-4H3,(H,22,25). The second-order valence-electron chi connectivity index (χ2n) is 7.16. The monoisotopic (exact) mass is 499 g/mol. The van der Waals surface area contributed by atoms with E-state index in [2.05, 4.69) is 5.32 Å². The van der Waals surface area contributed by atoms with Gasteiger partial charge in [0.1, 0.15) is 24.7 Å². The van der Waals surface area contributed by atoms with Crippen LogP contribution in [0, 0.1) is 0 Å².